The van der Waals surface area contributed by atoms with Crippen LogP contribution in [0.5, 0.6) is 0 Å². The number of aryl methyl sites for hydroxylation is 2. The summed E-state index contributed by atoms with van der Waals surface area (Å²) in [5.41, 5.74) is 0.990. The lowest BCUT2D eigenvalue weighted by molar-refractivity contribution is -0.757. The van der Waals surface area contributed by atoms with Crippen LogP contribution in [0.4, 0.5) is 0 Å². The highest BCUT2D eigenvalue weighted by molar-refractivity contribution is 8.77. The van der Waals surface area contributed by atoms with Gasteiger partial charge in [-0.15, -0.1) is 21.5 Å². The Labute approximate surface area is 136 Å². The van der Waals surface area contributed by atoms with Crippen molar-refractivity contribution in [2.24, 2.45) is 0 Å². The normalized spacial score (nSPS) is 18.0. The zero-order valence-electron chi connectivity index (χ0n) is 12.1. The van der Waals surface area contributed by atoms with Gasteiger partial charge in [0.2, 0.25) is 0 Å². The van der Waals surface area contributed by atoms with Gasteiger partial charge in [0.15, 0.2) is 0 Å². The zero-order valence-corrected chi connectivity index (χ0v) is 14.5. The maximum Gasteiger partial charge on any atom is 0.294 e. The van der Waals surface area contributed by atoms with Gasteiger partial charge in [-0.05, 0) is 32.6 Å². The Hall–Kier alpha value is -0.470. The standard InChI is InChI=1S/C13H20N2O3S3/c1-10-12(6-8-18-15(16)17)20-13(14-10)5-3-2-4-11-7-9-19-21-11/h11H,2-9H2,1H3. The topological polar surface area (TPSA) is 65.3 Å². The van der Waals surface area contributed by atoms with Crippen LogP contribution in [-0.4, -0.2) is 27.7 Å². The van der Waals surface area contributed by atoms with Crippen molar-refractivity contribution in [2.75, 3.05) is 12.4 Å². The molecular weight excluding hydrogens is 328 g/mol. The number of hydrogen-bond acceptors (Lipinski definition) is 7. The molecule has 1 unspecified atom stereocenters. The molecule has 118 valence electrons. The summed E-state index contributed by atoms with van der Waals surface area (Å²) in [6, 6.07) is 0. The lowest BCUT2D eigenvalue weighted by Gasteiger charge is -2.05. The molecule has 1 aliphatic rings. The second kappa shape index (κ2) is 8.85. The summed E-state index contributed by atoms with van der Waals surface area (Å²) in [5, 5.41) is 11.4. The summed E-state index contributed by atoms with van der Waals surface area (Å²) in [5.74, 6) is 1.30. The van der Waals surface area contributed by atoms with Crippen molar-refractivity contribution in [1.29, 1.82) is 0 Å². The van der Waals surface area contributed by atoms with Crippen LogP contribution >= 0.6 is 32.9 Å². The molecule has 2 rings (SSSR count). The molecule has 0 N–H and O–H groups in total. The third-order valence-corrected chi connectivity index (χ3v) is 7.64. The van der Waals surface area contributed by atoms with Gasteiger partial charge in [-0.25, -0.2) is 4.98 Å². The van der Waals surface area contributed by atoms with E-state index in [-0.39, 0.29) is 6.61 Å². The molecule has 0 aromatic carbocycles. The number of rotatable bonds is 9. The first-order chi connectivity index (χ1) is 10.1. The quantitative estimate of drug-likeness (QED) is 0.290. The Balaban J connectivity index is 1.67. The van der Waals surface area contributed by atoms with Gasteiger partial charge in [-0.2, -0.15) is 0 Å². The van der Waals surface area contributed by atoms with Crippen molar-refractivity contribution < 1.29 is 9.92 Å². The number of nitrogens with zero attached hydrogens (tertiary/aromatic N) is 2. The van der Waals surface area contributed by atoms with Gasteiger partial charge in [0, 0.05) is 22.3 Å². The molecule has 1 aliphatic heterocycles. The Morgan fingerprint density at radius 3 is 3.00 bits per heavy atom. The van der Waals surface area contributed by atoms with E-state index in [1.807, 2.05) is 28.5 Å². The van der Waals surface area contributed by atoms with Gasteiger partial charge >= 0.3 is 0 Å². The Bertz CT molecular complexity index is 462. The number of unbranched alkanes of at least 4 members (excludes halogenated alkanes) is 1. The molecule has 0 aliphatic carbocycles. The lowest BCUT2D eigenvalue weighted by atomic mass is 10.1. The Morgan fingerprint density at radius 1 is 1.43 bits per heavy atom. The maximum atomic E-state index is 10.1. The molecule has 1 atom stereocenters. The van der Waals surface area contributed by atoms with E-state index in [0.29, 0.717) is 6.42 Å². The van der Waals surface area contributed by atoms with Gasteiger partial charge in [0.25, 0.3) is 5.09 Å². The summed E-state index contributed by atoms with van der Waals surface area (Å²) in [6.07, 6.45) is 6.69. The first-order valence-electron chi connectivity index (χ1n) is 7.16. The second-order valence-electron chi connectivity index (χ2n) is 5.00. The van der Waals surface area contributed by atoms with E-state index in [1.165, 1.54) is 31.4 Å². The second-order valence-corrected chi connectivity index (χ2v) is 8.95. The zero-order chi connectivity index (χ0) is 15.1. The Kier molecular flexibility index (Phi) is 7.12. The van der Waals surface area contributed by atoms with Gasteiger partial charge in [-0.1, -0.05) is 28.0 Å². The number of hydrogen-bond donors (Lipinski definition) is 0. The summed E-state index contributed by atoms with van der Waals surface area (Å²) in [7, 11) is 4.04. The molecule has 0 bridgehead atoms. The van der Waals surface area contributed by atoms with Crippen LogP contribution < -0.4 is 0 Å². The molecule has 8 heteroatoms. The predicted octanol–water partition coefficient (Wildman–Crippen LogP) is 4.07. The lowest BCUT2D eigenvalue weighted by Crippen LogP contribution is -2.04. The molecule has 0 saturated carbocycles. The fraction of sp³-hybridized carbons (Fsp3) is 0.769. The van der Waals surface area contributed by atoms with E-state index in [4.69, 9.17) is 0 Å². The van der Waals surface area contributed by atoms with Crippen LogP contribution in [0.2, 0.25) is 0 Å². The minimum Gasteiger partial charge on any atom is -0.314 e. The van der Waals surface area contributed by atoms with Gasteiger partial charge in [0.05, 0.1) is 10.7 Å². The van der Waals surface area contributed by atoms with Crippen LogP contribution in [0, 0.1) is 17.0 Å². The van der Waals surface area contributed by atoms with Crippen LogP contribution in [-0.2, 0) is 17.7 Å². The minimum atomic E-state index is -0.739. The predicted molar refractivity (Wildman–Crippen MR) is 89.5 cm³/mol. The molecule has 1 fully saturated rings. The molecule has 0 radical (unpaired) electrons. The van der Waals surface area contributed by atoms with Gasteiger partial charge < -0.3 is 4.84 Å². The van der Waals surface area contributed by atoms with Crippen LogP contribution in [0.3, 0.4) is 0 Å². The molecule has 21 heavy (non-hydrogen) atoms. The molecule has 0 amide bonds. The SMILES string of the molecule is Cc1nc(CCCCC2CCSS2)sc1CCO[N+](=O)[O-]. The number of thiazole rings is 1. The third kappa shape index (κ3) is 6.04. The highest BCUT2D eigenvalue weighted by atomic mass is 33.1. The fourth-order valence-electron chi connectivity index (χ4n) is 2.25. The fourth-order valence-corrected chi connectivity index (χ4v) is 6.37. The number of aromatic nitrogens is 1. The highest BCUT2D eigenvalue weighted by Gasteiger charge is 2.15. The first kappa shape index (κ1) is 16.9. The van der Waals surface area contributed by atoms with Crippen molar-refractivity contribution in [2.45, 2.75) is 50.7 Å². The van der Waals surface area contributed by atoms with Crippen molar-refractivity contribution in [3.8, 4) is 0 Å². The summed E-state index contributed by atoms with van der Waals surface area (Å²) in [6.45, 7) is 2.08. The van der Waals surface area contributed by atoms with Crippen molar-refractivity contribution in [3.63, 3.8) is 0 Å². The highest BCUT2D eigenvalue weighted by Crippen LogP contribution is 2.39. The molecule has 1 aromatic rings. The first-order valence-corrected chi connectivity index (χ1v) is 10.4. The van der Waals surface area contributed by atoms with Crippen LogP contribution in [0.1, 0.15) is 41.3 Å². The van der Waals surface area contributed by atoms with Crippen molar-refractivity contribution in [3.05, 3.63) is 25.7 Å². The monoisotopic (exact) mass is 348 g/mol. The molecule has 5 nitrogen and oxygen atoms in total. The molecule has 2 heterocycles. The minimum absolute atomic E-state index is 0.117. The van der Waals surface area contributed by atoms with Crippen LogP contribution in [0.25, 0.3) is 0 Å². The summed E-state index contributed by atoms with van der Waals surface area (Å²) >= 11 is 1.67. The summed E-state index contributed by atoms with van der Waals surface area (Å²) < 4.78 is 0. The van der Waals surface area contributed by atoms with E-state index < -0.39 is 5.09 Å². The van der Waals surface area contributed by atoms with E-state index in [0.717, 1.165) is 27.2 Å². The van der Waals surface area contributed by atoms with Crippen molar-refractivity contribution in [1.82, 2.24) is 4.98 Å². The average molecular weight is 349 g/mol. The summed E-state index contributed by atoms with van der Waals surface area (Å²) in [4.78, 5) is 20.2. The van der Waals surface area contributed by atoms with Gasteiger partial charge in [-0.3, -0.25) is 0 Å². The van der Waals surface area contributed by atoms with Crippen LogP contribution in [0.15, 0.2) is 0 Å². The van der Waals surface area contributed by atoms with E-state index >= 15 is 0 Å². The van der Waals surface area contributed by atoms with E-state index in [1.54, 1.807) is 11.3 Å². The van der Waals surface area contributed by atoms with Crippen molar-refractivity contribution >= 4 is 32.9 Å². The smallest absolute Gasteiger partial charge is 0.294 e. The Morgan fingerprint density at radius 2 is 2.29 bits per heavy atom. The third-order valence-electron chi connectivity index (χ3n) is 3.36. The maximum absolute atomic E-state index is 10.1. The molecule has 0 spiro atoms. The largest absolute Gasteiger partial charge is 0.314 e. The average Bonchev–Trinajstić information content (AvgIpc) is 3.05. The van der Waals surface area contributed by atoms with E-state index in [2.05, 4.69) is 9.82 Å². The van der Waals surface area contributed by atoms with Gasteiger partial charge in [0.1, 0.15) is 6.61 Å². The van der Waals surface area contributed by atoms with E-state index in [9.17, 15) is 10.1 Å². The molecular formula is C13H20N2O3S3. The molecule has 1 aromatic heterocycles. The molecule has 1 saturated heterocycles.